The van der Waals surface area contributed by atoms with Crippen LogP contribution in [0.4, 0.5) is 0 Å². The van der Waals surface area contributed by atoms with Crippen molar-refractivity contribution in [2.45, 2.75) is 33.0 Å². The van der Waals surface area contributed by atoms with Gasteiger partial charge in [0.1, 0.15) is 0 Å². The number of nitrogens with zero attached hydrogens (tertiary/aromatic N) is 5. The van der Waals surface area contributed by atoms with Gasteiger partial charge < -0.3 is 0 Å². The van der Waals surface area contributed by atoms with E-state index in [1.165, 1.54) is 18.4 Å². The van der Waals surface area contributed by atoms with Crippen LogP contribution >= 0.6 is 12.2 Å². The van der Waals surface area contributed by atoms with Crippen LogP contribution in [-0.2, 0) is 13.2 Å². The number of rotatable bonds is 5. The van der Waals surface area contributed by atoms with Crippen LogP contribution in [0.15, 0.2) is 54.9 Å². The Labute approximate surface area is 165 Å². The molecule has 0 amide bonds. The number of benzene rings is 1. The van der Waals surface area contributed by atoms with Crippen molar-refractivity contribution in [3.63, 3.8) is 0 Å². The lowest BCUT2D eigenvalue weighted by Crippen LogP contribution is -2.36. The van der Waals surface area contributed by atoms with Crippen LogP contribution in [0.1, 0.15) is 25.3 Å². The number of piperidine rings is 1. The van der Waals surface area contributed by atoms with Gasteiger partial charge in [0.05, 0.1) is 13.2 Å². The lowest BCUT2D eigenvalue weighted by Gasteiger charge is -2.30. The summed E-state index contributed by atoms with van der Waals surface area (Å²) in [5, 5.41) is 4.90. The summed E-state index contributed by atoms with van der Waals surface area (Å²) in [7, 11) is 0. The zero-order chi connectivity index (χ0) is 18.6. The molecule has 0 N–H and O–H groups in total. The van der Waals surface area contributed by atoms with Crippen molar-refractivity contribution in [2.24, 2.45) is 5.92 Å². The third-order valence-corrected chi connectivity index (χ3v) is 5.55. The van der Waals surface area contributed by atoms with E-state index in [4.69, 9.17) is 17.3 Å². The van der Waals surface area contributed by atoms with Crippen molar-refractivity contribution in [2.75, 3.05) is 13.1 Å². The summed E-state index contributed by atoms with van der Waals surface area (Å²) >= 11 is 5.83. The lowest BCUT2D eigenvalue weighted by molar-refractivity contribution is 0.138. The Balaban J connectivity index is 1.69. The smallest absolute Gasteiger partial charge is 0.199 e. The molecule has 0 bridgehead atoms. The summed E-state index contributed by atoms with van der Waals surface area (Å²) in [4.78, 5) is 6.60. The number of likely N-dealkylation sites (tertiary alicyclic amines) is 1. The summed E-state index contributed by atoms with van der Waals surface area (Å²) in [6.45, 7) is 6.01. The first-order valence-electron chi connectivity index (χ1n) is 9.55. The number of aromatic nitrogens is 4. The third-order valence-electron chi connectivity index (χ3n) is 5.12. The van der Waals surface area contributed by atoms with E-state index in [9.17, 15) is 0 Å². The highest BCUT2D eigenvalue weighted by Crippen LogP contribution is 2.21. The van der Waals surface area contributed by atoms with Crippen LogP contribution in [0, 0.1) is 10.7 Å². The van der Waals surface area contributed by atoms with E-state index in [1.807, 2.05) is 22.9 Å². The molecule has 1 fully saturated rings. The van der Waals surface area contributed by atoms with Gasteiger partial charge in [0, 0.05) is 24.5 Å². The molecule has 0 saturated carbocycles. The molecule has 5 nitrogen and oxygen atoms in total. The van der Waals surface area contributed by atoms with E-state index in [1.54, 1.807) is 12.4 Å². The van der Waals surface area contributed by atoms with Gasteiger partial charge in [-0.05, 0) is 55.2 Å². The minimum Gasteiger partial charge on any atom is -0.295 e. The van der Waals surface area contributed by atoms with Crippen molar-refractivity contribution in [1.82, 2.24) is 24.2 Å². The molecule has 1 aliphatic heterocycles. The van der Waals surface area contributed by atoms with E-state index in [0.29, 0.717) is 6.54 Å². The van der Waals surface area contributed by atoms with Crippen LogP contribution in [0.3, 0.4) is 0 Å². The highest BCUT2D eigenvalue weighted by molar-refractivity contribution is 7.71. The summed E-state index contributed by atoms with van der Waals surface area (Å²) in [5.74, 6) is 1.63. The first-order valence-corrected chi connectivity index (χ1v) is 9.96. The van der Waals surface area contributed by atoms with Crippen molar-refractivity contribution < 1.29 is 0 Å². The number of hydrogen-bond donors (Lipinski definition) is 0. The molecule has 3 aromatic rings. The van der Waals surface area contributed by atoms with Gasteiger partial charge in [0.2, 0.25) is 0 Å². The maximum Gasteiger partial charge on any atom is 0.199 e. The lowest BCUT2D eigenvalue weighted by atomic mass is 10.0. The molecule has 1 atom stereocenters. The Bertz CT molecular complexity index is 932. The van der Waals surface area contributed by atoms with Gasteiger partial charge in [-0.3, -0.25) is 14.5 Å². The van der Waals surface area contributed by atoms with Gasteiger partial charge in [0.25, 0.3) is 0 Å². The number of hydrogen-bond acceptors (Lipinski definition) is 4. The molecule has 0 spiro atoms. The van der Waals surface area contributed by atoms with E-state index in [2.05, 4.69) is 45.6 Å². The second kappa shape index (κ2) is 8.15. The van der Waals surface area contributed by atoms with Crippen LogP contribution in [0.5, 0.6) is 0 Å². The third kappa shape index (κ3) is 4.17. The molecule has 2 aromatic heterocycles. The quantitative estimate of drug-likeness (QED) is 0.623. The molecule has 0 radical (unpaired) electrons. The van der Waals surface area contributed by atoms with Crippen LogP contribution in [0.25, 0.3) is 11.4 Å². The van der Waals surface area contributed by atoms with E-state index < -0.39 is 0 Å². The second-order valence-corrected chi connectivity index (χ2v) is 7.74. The van der Waals surface area contributed by atoms with Gasteiger partial charge in [-0.25, -0.2) is 4.68 Å². The predicted molar refractivity (Wildman–Crippen MR) is 110 cm³/mol. The molecule has 1 aliphatic rings. The molecule has 1 aromatic carbocycles. The fraction of sp³-hybridized carbons (Fsp3) is 0.381. The van der Waals surface area contributed by atoms with Crippen molar-refractivity contribution in [1.29, 1.82) is 0 Å². The highest BCUT2D eigenvalue weighted by atomic mass is 32.1. The Morgan fingerprint density at radius 3 is 2.63 bits per heavy atom. The standard InChI is InChI=1S/C21H25N5S/c1-17-6-5-13-24(14-17)16-26-21(27)25(15-18-7-3-2-4-8-18)20(23-26)19-9-11-22-12-10-19/h2-4,7-12,17H,5-6,13-16H2,1H3/t17-/m0/s1. The summed E-state index contributed by atoms with van der Waals surface area (Å²) in [5.41, 5.74) is 2.26. The van der Waals surface area contributed by atoms with Gasteiger partial charge in [-0.15, -0.1) is 0 Å². The molecule has 0 aliphatic carbocycles. The molecule has 0 unspecified atom stereocenters. The van der Waals surface area contributed by atoms with E-state index >= 15 is 0 Å². The summed E-state index contributed by atoms with van der Waals surface area (Å²) in [6.07, 6.45) is 6.16. The van der Waals surface area contributed by atoms with E-state index in [0.717, 1.165) is 41.8 Å². The fourth-order valence-electron chi connectivity index (χ4n) is 3.76. The Hall–Kier alpha value is -2.31. The second-order valence-electron chi connectivity index (χ2n) is 7.38. The monoisotopic (exact) mass is 379 g/mol. The molecular weight excluding hydrogens is 354 g/mol. The van der Waals surface area contributed by atoms with Crippen LogP contribution in [-0.4, -0.2) is 37.3 Å². The first-order chi connectivity index (χ1) is 13.2. The molecular formula is C21H25N5S. The van der Waals surface area contributed by atoms with Crippen molar-refractivity contribution in [3.8, 4) is 11.4 Å². The average Bonchev–Trinajstić information content (AvgIpc) is 2.99. The molecule has 3 heterocycles. The molecule has 140 valence electrons. The number of pyridine rings is 1. The minimum absolute atomic E-state index is 0.716. The Morgan fingerprint density at radius 2 is 1.89 bits per heavy atom. The summed E-state index contributed by atoms with van der Waals surface area (Å²) < 4.78 is 4.88. The van der Waals surface area contributed by atoms with Crippen LogP contribution in [0.2, 0.25) is 0 Å². The maximum absolute atomic E-state index is 5.83. The SMILES string of the molecule is C[C@H]1CCCN(Cn2nc(-c3ccncc3)n(Cc3ccccc3)c2=S)C1. The normalized spacial score (nSPS) is 17.9. The van der Waals surface area contributed by atoms with Gasteiger partial charge in [-0.1, -0.05) is 37.3 Å². The Morgan fingerprint density at radius 1 is 1.11 bits per heavy atom. The summed E-state index contributed by atoms with van der Waals surface area (Å²) in [6, 6.07) is 14.4. The minimum atomic E-state index is 0.716. The van der Waals surface area contributed by atoms with Crippen molar-refractivity contribution in [3.05, 3.63) is 65.2 Å². The van der Waals surface area contributed by atoms with Gasteiger partial charge >= 0.3 is 0 Å². The topological polar surface area (TPSA) is 38.9 Å². The highest BCUT2D eigenvalue weighted by Gasteiger charge is 2.19. The Kier molecular flexibility index (Phi) is 5.45. The van der Waals surface area contributed by atoms with Crippen molar-refractivity contribution >= 4 is 12.2 Å². The average molecular weight is 380 g/mol. The molecule has 27 heavy (non-hydrogen) atoms. The first kappa shape index (κ1) is 18.1. The maximum atomic E-state index is 5.83. The molecule has 4 rings (SSSR count). The zero-order valence-electron chi connectivity index (χ0n) is 15.7. The molecule has 1 saturated heterocycles. The fourth-order valence-corrected chi connectivity index (χ4v) is 4.01. The molecule has 6 heteroatoms. The predicted octanol–water partition coefficient (Wildman–Crippen LogP) is 4.21. The largest absolute Gasteiger partial charge is 0.295 e. The van der Waals surface area contributed by atoms with Gasteiger partial charge in [0.15, 0.2) is 10.6 Å². The van der Waals surface area contributed by atoms with Gasteiger partial charge in [-0.2, -0.15) is 5.10 Å². The van der Waals surface area contributed by atoms with E-state index in [-0.39, 0.29) is 0 Å². The zero-order valence-corrected chi connectivity index (χ0v) is 16.5. The van der Waals surface area contributed by atoms with Crippen LogP contribution < -0.4 is 0 Å².